The molecule has 0 saturated heterocycles. The van der Waals surface area contributed by atoms with Crippen LogP contribution in [0.2, 0.25) is 0 Å². The van der Waals surface area contributed by atoms with Gasteiger partial charge in [-0.2, -0.15) is 13.2 Å². The fourth-order valence-corrected chi connectivity index (χ4v) is 2.30. The Hall–Kier alpha value is -2.83. The zero-order valence-electron chi connectivity index (χ0n) is 10.8. The molecule has 1 heterocycles. The highest BCUT2D eigenvalue weighted by Gasteiger charge is 2.43. The molecule has 0 radical (unpaired) electrons. The van der Waals surface area contributed by atoms with Gasteiger partial charge >= 0.3 is 11.8 Å². The minimum absolute atomic E-state index is 0.0973. The van der Waals surface area contributed by atoms with E-state index in [9.17, 15) is 27.9 Å². The standard InChI is InChI=1S/C15H7F3O4/c16-15(17,18)13(20)11-12(19)10-8-4-2-1-3-7(8)5-6-9(10)22-14(11)21/h1-6,19H. The third-order valence-corrected chi connectivity index (χ3v) is 3.26. The van der Waals surface area contributed by atoms with Crippen LogP contribution in [0.25, 0.3) is 21.7 Å². The summed E-state index contributed by atoms with van der Waals surface area (Å²) in [6, 6.07) is 9.46. The molecular weight excluding hydrogens is 301 g/mol. The smallest absolute Gasteiger partial charge is 0.455 e. The fourth-order valence-electron chi connectivity index (χ4n) is 2.30. The molecule has 7 heteroatoms. The quantitative estimate of drug-likeness (QED) is 0.425. The number of hydrogen-bond acceptors (Lipinski definition) is 4. The van der Waals surface area contributed by atoms with E-state index >= 15 is 0 Å². The van der Waals surface area contributed by atoms with Gasteiger partial charge in [0.2, 0.25) is 0 Å². The summed E-state index contributed by atoms with van der Waals surface area (Å²) < 4.78 is 42.5. The lowest BCUT2D eigenvalue weighted by atomic mass is 10.0. The van der Waals surface area contributed by atoms with Gasteiger partial charge in [0.1, 0.15) is 11.3 Å². The molecule has 0 aliphatic rings. The first kappa shape index (κ1) is 14.1. The van der Waals surface area contributed by atoms with Gasteiger partial charge in [-0.1, -0.05) is 30.3 Å². The van der Waals surface area contributed by atoms with E-state index in [1.54, 1.807) is 30.3 Å². The molecule has 3 aromatic rings. The summed E-state index contributed by atoms with van der Waals surface area (Å²) in [5.41, 5.74) is -3.03. The van der Waals surface area contributed by atoms with Crippen molar-refractivity contribution < 1.29 is 27.5 Å². The van der Waals surface area contributed by atoms with Gasteiger partial charge in [0.05, 0.1) is 5.39 Å². The number of alkyl halides is 3. The Labute approximate surface area is 120 Å². The molecule has 22 heavy (non-hydrogen) atoms. The molecule has 0 aliphatic carbocycles. The van der Waals surface area contributed by atoms with Gasteiger partial charge in [-0.3, -0.25) is 4.79 Å². The van der Waals surface area contributed by atoms with Gasteiger partial charge in [0, 0.05) is 0 Å². The zero-order chi connectivity index (χ0) is 16.1. The summed E-state index contributed by atoms with van der Waals surface area (Å²) in [5, 5.41) is 11.0. The van der Waals surface area contributed by atoms with E-state index in [1.165, 1.54) is 6.07 Å². The number of carbonyl (C=O) groups is 1. The van der Waals surface area contributed by atoms with Crippen molar-refractivity contribution in [2.45, 2.75) is 6.18 Å². The van der Waals surface area contributed by atoms with E-state index in [2.05, 4.69) is 0 Å². The number of benzene rings is 2. The average molecular weight is 308 g/mol. The zero-order valence-corrected chi connectivity index (χ0v) is 10.8. The molecule has 0 atom stereocenters. The summed E-state index contributed by atoms with van der Waals surface area (Å²) in [7, 11) is 0. The Balaban J connectivity index is 2.48. The summed E-state index contributed by atoms with van der Waals surface area (Å²) in [6.07, 6.45) is -5.29. The van der Waals surface area contributed by atoms with Gasteiger partial charge in [-0.25, -0.2) is 4.79 Å². The van der Waals surface area contributed by atoms with Crippen LogP contribution in [-0.2, 0) is 0 Å². The predicted molar refractivity (Wildman–Crippen MR) is 72.0 cm³/mol. The number of fused-ring (bicyclic) bond motifs is 3. The Morgan fingerprint density at radius 2 is 1.77 bits per heavy atom. The Bertz CT molecular complexity index is 970. The maximum absolute atomic E-state index is 12.6. The Kier molecular flexibility index (Phi) is 2.94. The second-order valence-corrected chi connectivity index (χ2v) is 4.60. The second kappa shape index (κ2) is 4.59. The number of halogens is 3. The largest absolute Gasteiger partial charge is 0.506 e. The maximum atomic E-state index is 12.6. The number of aromatic hydroxyl groups is 1. The first-order valence-electron chi connectivity index (χ1n) is 6.10. The number of carbonyl (C=O) groups excluding carboxylic acids is 1. The van der Waals surface area contributed by atoms with Gasteiger partial charge < -0.3 is 9.52 Å². The summed E-state index contributed by atoms with van der Waals surface area (Å²) >= 11 is 0. The molecule has 112 valence electrons. The monoisotopic (exact) mass is 308 g/mol. The fraction of sp³-hybridized carbons (Fsp3) is 0.0667. The highest BCUT2D eigenvalue weighted by Crippen LogP contribution is 2.35. The third kappa shape index (κ3) is 2.02. The van der Waals surface area contributed by atoms with Gasteiger partial charge in [-0.15, -0.1) is 0 Å². The SMILES string of the molecule is O=C(c1c(O)c2c(ccc3ccccc32)oc1=O)C(F)(F)F. The topological polar surface area (TPSA) is 67.5 Å². The van der Waals surface area contributed by atoms with Crippen LogP contribution in [0, 0.1) is 0 Å². The van der Waals surface area contributed by atoms with Crippen molar-refractivity contribution in [3.63, 3.8) is 0 Å². The van der Waals surface area contributed by atoms with Gasteiger partial charge in [0.15, 0.2) is 5.56 Å². The Morgan fingerprint density at radius 3 is 2.45 bits per heavy atom. The van der Waals surface area contributed by atoms with Gasteiger partial charge in [0.25, 0.3) is 5.78 Å². The molecule has 0 saturated carbocycles. The van der Waals surface area contributed by atoms with Crippen molar-refractivity contribution >= 4 is 27.5 Å². The lowest BCUT2D eigenvalue weighted by Gasteiger charge is -2.09. The third-order valence-electron chi connectivity index (χ3n) is 3.26. The van der Waals surface area contributed by atoms with Crippen LogP contribution in [0.4, 0.5) is 13.2 Å². The van der Waals surface area contributed by atoms with Gasteiger partial charge in [-0.05, 0) is 16.8 Å². The van der Waals surface area contributed by atoms with Crippen LogP contribution < -0.4 is 5.63 Å². The van der Waals surface area contributed by atoms with E-state index in [0.717, 1.165) is 0 Å². The number of Topliss-reactive ketones (excluding diaryl/α,β-unsaturated/α-hetero) is 1. The van der Waals surface area contributed by atoms with Crippen molar-refractivity contribution in [2.24, 2.45) is 0 Å². The van der Waals surface area contributed by atoms with E-state index in [0.29, 0.717) is 10.8 Å². The van der Waals surface area contributed by atoms with E-state index in [4.69, 9.17) is 4.42 Å². The number of rotatable bonds is 1. The Morgan fingerprint density at radius 1 is 1.09 bits per heavy atom. The molecule has 3 rings (SSSR count). The summed E-state index contributed by atoms with van der Waals surface area (Å²) in [4.78, 5) is 23.0. The first-order chi connectivity index (χ1) is 10.3. The molecule has 0 amide bonds. The van der Waals surface area contributed by atoms with E-state index in [1.807, 2.05) is 0 Å². The van der Waals surface area contributed by atoms with Crippen LogP contribution in [0.15, 0.2) is 45.6 Å². The van der Waals surface area contributed by atoms with Crippen LogP contribution in [0.3, 0.4) is 0 Å². The number of hydrogen-bond donors (Lipinski definition) is 1. The maximum Gasteiger partial charge on any atom is 0.455 e. The van der Waals surface area contributed by atoms with Crippen molar-refractivity contribution in [1.29, 1.82) is 0 Å². The molecule has 4 nitrogen and oxygen atoms in total. The first-order valence-corrected chi connectivity index (χ1v) is 6.10. The highest BCUT2D eigenvalue weighted by molar-refractivity contribution is 6.13. The number of ketones is 1. The molecule has 0 spiro atoms. The molecule has 2 aromatic carbocycles. The lowest BCUT2D eigenvalue weighted by molar-refractivity contribution is -0.0888. The summed E-state index contributed by atoms with van der Waals surface area (Å²) in [6.45, 7) is 0. The average Bonchev–Trinajstić information content (AvgIpc) is 2.45. The predicted octanol–water partition coefficient (Wildman–Crippen LogP) is 3.40. The highest BCUT2D eigenvalue weighted by atomic mass is 19.4. The molecule has 1 N–H and O–H groups in total. The molecule has 1 aromatic heterocycles. The van der Waals surface area contributed by atoms with Crippen molar-refractivity contribution in [3.05, 3.63) is 52.4 Å². The molecule has 0 aliphatic heterocycles. The van der Waals surface area contributed by atoms with Crippen LogP contribution >= 0.6 is 0 Å². The van der Waals surface area contributed by atoms with E-state index < -0.39 is 28.9 Å². The minimum Gasteiger partial charge on any atom is -0.506 e. The molecule has 0 bridgehead atoms. The summed E-state index contributed by atoms with van der Waals surface area (Å²) in [5.74, 6) is -3.46. The molecule has 0 fully saturated rings. The van der Waals surface area contributed by atoms with Crippen LogP contribution in [0.5, 0.6) is 5.75 Å². The minimum atomic E-state index is -5.29. The second-order valence-electron chi connectivity index (χ2n) is 4.60. The molecular formula is C15H7F3O4. The van der Waals surface area contributed by atoms with Crippen molar-refractivity contribution in [1.82, 2.24) is 0 Å². The van der Waals surface area contributed by atoms with E-state index in [-0.39, 0.29) is 11.0 Å². The van der Waals surface area contributed by atoms with Crippen molar-refractivity contribution in [3.8, 4) is 5.75 Å². The lowest BCUT2D eigenvalue weighted by Crippen LogP contribution is -2.28. The van der Waals surface area contributed by atoms with Crippen LogP contribution in [-0.4, -0.2) is 17.1 Å². The van der Waals surface area contributed by atoms with Crippen LogP contribution in [0.1, 0.15) is 10.4 Å². The normalized spacial score (nSPS) is 12.0. The molecule has 0 unspecified atom stereocenters. The van der Waals surface area contributed by atoms with Crippen molar-refractivity contribution in [2.75, 3.05) is 0 Å².